The molecule has 228 valence electrons. The van der Waals surface area contributed by atoms with Crippen molar-refractivity contribution in [2.45, 2.75) is 52.1 Å². The first-order valence-corrected chi connectivity index (χ1v) is 14.0. The maximum absolute atomic E-state index is 13.5. The van der Waals surface area contributed by atoms with E-state index < -0.39 is 17.8 Å². The average molecular weight is 606 g/mol. The topological polar surface area (TPSA) is 125 Å². The third-order valence-corrected chi connectivity index (χ3v) is 6.70. The summed E-state index contributed by atoms with van der Waals surface area (Å²) in [7, 11) is 0. The molecule has 0 aliphatic carbocycles. The van der Waals surface area contributed by atoms with E-state index in [1.165, 1.54) is 12.1 Å². The Kier molecular flexibility index (Phi) is 9.09. The van der Waals surface area contributed by atoms with Crippen LogP contribution in [0.3, 0.4) is 0 Å². The number of nitrogens with two attached hydrogens (primary N) is 1. The molecule has 44 heavy (non-hydrogen) atoms. The van der Waals surface area contributed by atoms with Gasteiger partial charge in [-0.3, -0.25) is 4.79 Å². The molecule has 3 heterocycles. The number of carbonyl (C=O) groups is 1. The fourth-order valence-electron chi connectivity index (χ4n) is 4.57. The van der Waals surface area contributed by atoms with Crippen molar-refractivity contribution < 1.29 is 31.9 Å². The van der Waals surface area contributed by atoms with Crippen molar-refractivity contribution in [1.82, 2.24) is 20.3 Å². The Morgan fingerprint density at radius 3 is 2.52 bits per heavy atom. The minimum atomic E-state index is -4.65. The molecule has 12 heteroatoms. The molecule has 5 aromatic rings. The third-order valence-electron chi connectivity index (χ3n) is 6.70. The number of fused-ring (bicyclic) bond motifs is 1. The number of nitrogens with zero attached hydrogens (tertiary/aromatic N) is 3. The van der Waals surface area contributed by atoms with Crippen molar-refractivity contribution in [1.29, 1.82) is 0 Å². The monoisotopic (exact) mass is 605 g/mol. The van der Waals surface area contributed by atoms with E-state index in [9.17, 15) is 18.0 Å². The van der Waals surface area contributed by atoms with Crippen molar-refractivity contribution in [3.63, 3.8) is 0 Å². The largest absolute Gasteiger partial charge is 0.488 e. The number of aromatic nitrogens is 3. The lowest BCUT2D eigenvalue weighted by molar-refractivity contribution is -0.140. The molecule has 0 spiro atoms. The van der Waals surface area contributed by atoms with Crippen LogP contribution >= 0.6 is 0 Å². The van der Waals surface area contributed by atoms with Gasteiger partial charge in [0.15, 0.2) is 11.5 Å². The van der Waals surface area contributed by atoms with E-state index in [1.807, 2.05) is 19.9 Å². The summed E-state index contributed by atoms with van der Waals surface area (Å²) in [5.74, 6) is 0.876. The summed E-state index contributed by atoms with van der Waals surface area (Å²) in [6.07, 6.45) is -1.71. The van der Waals surface area contributed by atoms with Crippen LogP contribution in [0.4, 0.5) is 13.2 Å². The predicted molar refractivity (Wildman–Crippen MR) is 157 cm³/mol. The van der Waals surface area contributed by atoms with Crippen LogP contribution in [0.1, 0.15) is 54.2 Å². The van der Waals surface area contributed by atoms with Gasteiger partial charge in [0.1, 0.15) is 22.7 Å². The highest BCUT2D eigenvalue weighted by atomic mass is 19.4. The summed E-state index contributed by atoms with van der Waals surface area (Å²) < 4.78 is 58.1. The molecule has 3 aromatic heterocycles. The number of benzene rings is 2. The summed E-state index contributed by atoms with van der Waals surface area (Å²) >= 11 is 0. The number of rotatable bonds is 11. The van der Waals surface area contributed by atoms with E-state index >= 15 is 0 Å². The second-order valence-corrected chi connectivity index (χ2v) is 10.0. The molecule has 0 fully saturated rings. The highest BCUT2D eigenvalue weighted by Gasteiger charge is 2.33. The van der Waals surface area contributed by atoms with Gasteiger partial charge in [0.05, 0.1) is 12.6 Å². The van der Waals surface area contributed by atoms with Gasteiger partial charge in [-0.05, 0) is 61.4 Å². The number of amides is 1. The summed E-state index contributed by atoms with van der Waals surface area (Å²) in [5.41, 5.74) is 5.94. The number of hydrogen-bond acceptors (Lipinski definition) is 8. The quantitative estimate of drug-likeness (QED) is 0.164. The zero-order chi connectivity index (χ0) is 31.3. The number of alkyl halides is 3. The summed E-state index contributed by atoms with van der Waals surface area (Å²) in [6, 6.07) is 17.8. The molecule has 1 atom stereocenters. The Hall–Kier alpha value is -4.97. The Balaban J connectivity index is 1.38. The molecular formula is C32H30F3N5O4. The number of carbonyl (C=O) groups excluding carboxylic acids is 1. The molecule has 0 saturated heterocycles. The molecule has 0 aliphatic heterocycles. The summed E-state index contributed by atoms with van der Waals surface area (Å²) in [4.78, 5) is 25.5. The molecule has 1 unspecified atom stereocenters. The fraction of sp³-hybridized carbons (Fsp3) is 0.250. The van der Waals surface area contributed by atoms with Gasteiger partial charge in [0, 0.05) is 29.8 Å². The van der Waals surface area contributed by atoms with E-state index in [2.05, 4.69) is 20.3 Å². The number of ether oxygens (including phenoxy) is 2. The average Bonchev–Trinajstić information content (AvgIpc) is 3.45. The Labute approximate surface area is 251 Å². The van der Waals surface area contributed by atoms with Crippen LogP contribution in [-0.2, 0) is 19.3 Å². The standard InChI is InChI=1S/C32H30F3N5O4/c1-3-6-19(2)42-24-14-12-23(22-13-15-26(32(33,34)35)39-28(22)24)31-40-29(25(17-36)44-31)30(41)38-18-20-8-10-21(11-9-20)43-27-7-4-5-16-37-27/h4-5,7-16,19H,3,6,17-18,36H2,1-2H3,(H,38,41). The van der Waals surface area contributed by atoms with E-state index in [0.717, 1.165) is 18.1 Å². The molecule has 0 radical (unpaired) electrons. The van der Waals surface area contributed by atoms with E-state index in [0.29, 0.717) is 29.0 Å². The Morgan fingerprint density at radius 2 is 1.84 bits per heavy atom. The van der Waals surface area contributed by atoms with Crippen molar-refractivity contribution >= 4 is 16.8 Å². The first-order chi connectivity index (χ1) is 21.2. The summed E-state index contributed by atoms with van der Waals surface area (Å²) in [5, 5.41) is 3.12. The van der Waals surface area contributed by atoms with Crippen LogP contribution < -0.4 is 20.5 Å². The van der Waals surface area contributed by atoms with E-state index in [1.54, 1.807) is 48.7 Å². The first-order valence-electron chi connectivity index (χ1n) is 14.0. The van der Waals surface area contributed by atoms with Gasteiger partial charge in [-0.2, -0.15) is 13.2 Å². The minimum absolute atomic E-state index is 0.00856. The molecule has 2 aromatic carbocycles. The lowest BCUT2D eigenvalue weighted by atomic mass is 10.1. The molecule has 0 saturated carbocycles. The number of hydrogen-bond donors (Lipinski definition) is 2. The van der Waals surface area contributed by atoms with Crippen LogP contribution in [-0.4, -0.2) is 27.0 Å². The van der Waals surface area contributed by atoms with Crippen molar-refractivity contribution in [3.8, 4) is 28.8 Å². The lowest BCUT2D eigenvalue weighted by Gasteiger charge is -2.17. The van der Waals surface area contributed by atoms with Crippen LogP contribution in [0.25, 0.3) is 22.4 Å². The predicted octanol–water partition coefficient (Wildman–Crippen LogP) is 7.05. The van der Waals surface area contributed by atoms with Crippen molar-refractivity contribution in [3.05, 3.63) is 95.6 Å². The highest BCUT2D eigenvalue weighted by molar-refractivity contribution is 5.98. The van der Waals surface area contributed by atoms with Gasteiger partial charge in [-0.15, -0.1) is 0 Å². The molecule has 1 amide bonds. The lowest BCUT2D eigenvalue weighted by Crippen LogP contribution is -2.24. The van der Waals surface area contributed by atoms with Crippen LogP contribution in [0.15, 0.2) is 77.3 Å². The smallest absolute Gasteiger partial charge is 0.433 e. The normalized spacial score (nSPS) is 12.2. The highest BCUT2D eigenvalue weighted by Crippen LogP contribution is 2.37. The van der Waals surface area contributed by atoms with Crippen LogP contribution in [0.5, 0.6) is 17.4 Å². The second kappa shape index (κ2) is 13.1. The van der Waals surface area contributed by atoms with E-state index in [-0.39, 0.29) is 47.8 Å². The van der Waals surface area contributed by atoms with Gasteiger partial charge < -0.3 is 24.9 Å². The minimum Gasteiger partial charge on any atom is -0.488 e. The summed E-state index contributed by atoms with van der Waals surface area (Å²) in [6.45, 7) is 3.89. The molecule has 3 N–H and O–H groups in total. The van der Waals surface area contributed by atoms with Gasteiger partial charge in [0.2, 0.25) is 11.8 Å². The number of nitrogens with one attached hydrogen (secondary N) is 1. The van der Waals surface area contributed by atoms with Crippen LogP contribution in [0.2, 0.25) is 0 Å². The van der Waals surface area contributed by atoms with Crippen molar-refractivity contribution in [2.75, 3.05) is 0 Å². The molecular weight excluding hydrogens is 575 g/mol. The first kappa shape index (κ1) is 30.5. The van der Waals surface area contributed by atoms with Gasteiger partial charge >= 0.3 is 6.18 Å². The van der Waals surface area contributed by atoms with Gasteiger partial charge in [0.25, 0.3) is 5.91 Å². The number of pyridine rings is 2. The van der Waals surface area contributed by atoms with Crippen molar-refractivity contribution in [2.24, 2.45) is 5.73 Å². The van der Waals surface area contributed by atoms with E-state index in [4.69, 9.17) is 19.6 Å². The van der Waals surface area contributed by atoms with Gasteiger partial charge in [-0.1, -0.05) is 31.5 Å². The molecule has 9 nitrogen and oxygen atoms in total. The number of oxazole rings is 1. The molecule has 0 aliphatic rings. The SMILES string of the molecule is CCCC(C)Oc1ccc(-c2nc(C(=O)NCc3ccc(Oc4ccccn4)cc3)c(CN)o2)c2ccc(C(F)(F)F)nc12. The molecule has 5 rings (SSSR count). The Morgan fingerprint density at radius 1 is 1.05 bits per heavy atom. The maximum atomic E-state index is 13.5. The second-order valence-electron chi connectivity index (χ2n) is 10.0. The number of halogens is 3. The zero-order valence-corrected chi connectivity index (χ0v) is 24.0. The fourth-order valence-corrected chi connectivity index (χ4v) is 4.57. The third kappa shape index (κ3) is 6.97. The molecule has 0 bridgehead atoms. The Bertz CT molecular complexity index is 1740. The van der Waals surface area contributed by atoms with Gasteiger partial charge in [-0.25, -0.2) is 15.0 Å². The zero-order valence-electron chi connectivity index (χ0n) is 24.0. The van der Waals surface area contributed by atoms with Crippen LogP contribution in [0, 0.1) is 0 Å². The maximum Gasteiger partial charge on any atom is 0.433 e.